The first-order valence-electron chi connectivity index (χ1n) is 7.23. The maximum absolute atomic E-state index is 11.9. The molecule has 1 aromatic heterocycles. The molecule has 1 aliphatic carbocycles. The van der Waals surface area contributed by atoms with Gasteiger partial charge in [-0.15, -0.1) is 0 Å². The van der Waals surface area contributed by atoms with Gasteiger partial charge in [0.1, 0.15) is 11.8 Å². The van der Waals surface area contributed by atoms with E-state index in [0.717, 1.165) is 12.8 Å². The number of carbonyl (C=O) groups excluding carboxylic acids is 1. The minimum atomic E-state index is -0.383. The average molecular weight is 356 g/mol. The van der Waals surface area contributed by atoms with Gasteiger partial charge in [-0.3, -0.25) is 4.79 Å². The molecule has 1 fully saturated rings. The van der Waals surface area contributed by atoms with Gasteiger partial charge in [0.25, 0.3) is 5.91 Å². The van der Waals surface area contributed by atoms with Gasteiger partial charge in [0, 0.05) is 10.9 Å². The van der Waals surface area contributed by atoms with Crippen LogP contribution < -0.4 is 10.1 Å². The predicted molar refractivity (Wildman–Crippen MR) is 84.8 cm³/mol. The van der Waals surface area contributed by atoms with Crippen LogP contribution in [-0.2, 0) is 4.79 Å². The second kappa shape index (κ2) is 6.76. The highest BCUT2D eigenvalue weighted by molar-refractivity contribution is 6.35. The van der Waals surface area contributed by atoms with Crippen molar-refractivity contribution in [2.45, 2.75) is 31.7 Å². The zero-order valence-electron chi connectivity index (χ0n) is 12.4. The van der Waals surface area contributed by atoms with Crippen LogP contribution in [0.2, 0.25) is 10.0 Å². The highest BCUT2D eigenvalue weighted by Gasteiger charge is 2.29. The molecule has 122 valence electrons. The number of ether oxygens (including phenoxy) is 1. The topological polar surface area (TPSA) is 77.2 Å². The largest absolute Gasteiger partial charge is 0.482 e. The van der Waals surface area contributed by atoms with E-state index in [4.69, 9.17) is 32.5 Å². The van der Waals surface area contributed by atoms with E-state index in [1.165, 1.54) is 0 Å². The third-order valence-electron chi connectivity index (χ3n) is 3.40. The predicted octanol–water partition coefficient (Wildman–Crippen LogP) is 3.51. The number of hydrogen-bond donors (Lipinski definition) is 1. The fourth-order valence-corrected chi connectivity index (χ4v) is 2.47. The molecule has 6 nitrogen and oxygen atoms in total. The Hall–Kier alpha value is -1.79. The van der Waals surface area contributed by atoms with Crippen LogP contribution in [0.15, 0.2) is 22.7 Å². The highest BCUT2D eigenvalue weighted by Crippen LogP contribution is 2.38. The van der Waals surface area contributed by atoms with E-state index >= 15 is 0 Å². The Morgan fingerprint density at radius 3 is 2.96 bits per heavy atom. The molecule has 3 rings (SSSR count). The van der Waals surface area contributed by atoms with Gasteiger partial charge in [-0.2, -0.15) is 4.98 Å². The number of halogens is 2. The van der Waals surface area contributed by atoms with Crippen molar-refractivity contribution in [1.29, 1.82) is 0 Å². The molecule has 8 heteroatoms. The first-order valence-corrected chi connectivity index (χ1v) is 7.99. The van der Waals surface area contributed by atoms with Crippen LogP contribution in [0.4, 0.5) is 0 Å². The first kappa shape index (κ1) is 16.1. The summed E-state index contributed by atoms with van der Waals surface area (Å²) in [6.07, 6.45) is 2.19. The lowest BCUT2D eigenvalue weighted by Gasteiger charge is -2.11. The summed E-state index contributed by atoms with van der Waals surface area (Å²) in [6, 6.07) is 4.42. The minimum absolute atomic E-state index is 0.171. The second-order valence-electron chi connectivity index (χ2n) is 5.42. The Labute approximate surface area is 143 Å². The molecule has 23 heavy (non-hydrogen) atoms. The number of aromatic nitrogens is 2. The van der Waals surface area contributed by atoms with Crippen molar-refractivity contribution in [3.8, 4) is 5.75 Å². The molecule has 1 aromatic carbocycles. The summed E-state index contributed by atoms with van der Waals surface area (Å²) in [5.41, 5.74) is 0. The van der Waals surface area contributed by atoms with E-state index in [2.05, 4.69) is 15.5 Å². The number of benzene rings is 1. The van der Waals surface area contributed by atoms with Crippen LogP contribution in [0, 0.1) is 0 Å². The fraction of sp³-hybridized carbons (Fsp3) is 0.400. The average Bonchev–Trinajstić information content (AvgIpc) is 3.23. The Bertz CT molecular complexity index is 716. The van der Waals surface area contributed by atoms with Crippen molar-refractivity contribution in [1.82, 2.24) is 15.5 Å². The molecule has 1 atom stereocenters. The van der Waals surface area contributed by atoms with E-state index in [-0.39, 0.29) is 18.6 Å². The van der Waals surface area contributed by atoms with Gasteiger partial charge >= 0.3 is 0 Å². The summed E-state index contributed by atoms with van der Waals surface area (Å²) in [4.78, 5) is 16.2. The minimum Gasteiger partial charge on any atom is -0.482 e. The molecule has 1 amide bonds. The molecule has 0 unspecified atom stereocenters. The van der Waals surface area contributed by atoms with Crippen LogP contribution in [0.25, 0.3) is 0 Å². The summed E-state index contributed by atoms with van der Waals surface area (Å²) < 4.78 is 10.5. The van der Waals surface area contributed by atoms with Gasteiger partial charge in [-0.25, -0.2) is 0 Å². The van der Waals surface area contributed by atoms with E-state index in [1.54, 1.807) is 25.1 Å². The number of nitrogens with zero attached hydrogens (tertiary/aromatic N) is 2. The molecule has 1 saturated carbocycles. The normalized spacial score (nSPS) is 15.3. The van der Waals surface area contributed by atoms with Gasteiger partial charge in [-0.05, 0) is 38.0 Å². The summed E-state index contributed by atoms with van der Waals surface area (Å²) in [7, 11) is 0. The van der Waals surface area contributed by atoms with Crippen molar-refractivity contribution < 1.29 is 14.1 Å². The zero-order chi connectivity index (χ0) is 16.4. The Morgan fingerprint density at radius 1 is 1.48 bits per heavy atom. The lowest BCUT2D eigenvalue weighted by molar-refractivity contribution is -0.123. The molecule has 1 heterocycles. The van der Waals surface area contributed by atoms with Gasteiger partial charge in [0.05, 0.1) is 5.02 Å². The molecule has 0 saturated heterocycles. The van der Waals surface area contributed by atoms with Crippen LogP contribution in [0.1, 0.15) is 43.4 Å². The van der Waals surface area contributed by atoms with E-state index in [9.17, 15) is 4.79 Å². The molecule has 0 spiro atoms. The number of carbonyl (C=O) groups is 1. The SMILES string of the molecule is C[C@@H](NC(=O)COc1ccc(Cl)cc1Cl)c1nc(C2CC2)no1. The van der Waals surface area contributed by atoms with E-state index in [0.29, 0.717) is 33.4 Å². The quantitative estimate of drug-likeness (QED) is 0.857. The first-order chi connectivity index (χ1) is 11.0. The van der Waals surface area contributed by atoms with Crippen molar-refractivity contribution in [3.05, 3.63) is 40.0 Å². The summed E-state index contributed by atoms with van der Waals surface area (Å²) in [5.74, 6) is 1.60. The number of rotatable bonds is 6. The summed E-state index contributed by atoms with van der Waals surface area (Å²) in [6.45, 7) is 1.60. The molecule has 0 aliphatic heterocycles. The van der Waals surface area contributed by atoms with Crippen molar-refractivity contribution in [2.75, 3.05) is 6.61 Å². The fourth-order valence-electron chi connectivity index (χ4n) is 2.01. The smallest absolute Gasteiger partial charge is 0.258 e. The number of hydrogen-bond acceptors (Lipinski definition) is 5. The molecule has 0 bridgehead atoms. The molecule has 2 aromatic rings. The lowest BCUT2D eigenvalue weighted by Crippen LogP contribution is -2.31. The molecule has 1 aliphatic rings. The number of nitrogens with one attached hydrogen (secondary N) is 1. The Morgan fingerprint density at radius 2 is 2.26 bits per heavy atom. The zero-order valence-corrected chi connectivity index (χ0v) is 13.9. The van der Waals surface area contributed by atoms with Gasteiger partial charge in [0.2, 0.25) is 5.89 Å². The van der Waals surface area contributed by atoms with Crippen molar-refractivity contribution in [2.24, 2.45) is 0 Å². The highest BCUT2D eigenvalue weighted by atomic mass is 35.5. The molecule has 0 radical (unpaired) electrons. The Kier molecular flexibility index (Phi) is 4.73. The maximum atomic E-state index is 11.9. The van der Waals surface area contributed by atoms with E-state index in [1.807, 2.05) is 0 Å². The van der Waals surface area contributed by atoms with Crippen molar-refractivity contribution in [3.63, 3.8) is 0 Å². The summed E-state index contributed by atoms with van der Waals surface area (Å²) in [5, 5.41) is 7.52. The lowest BCUT2D eigenvalue weighted by atomic mass is 10.3. The Balaban J connectivity index is 1.51. The third-order valence-corrected chi connectivity index (χ3v) is 3.93. The standard InChI is InChI=1S/C15H15Cl2N3O3/c1-8(15-19-14(20-23-15)9-2-3-9)18-13(21)7-22-12-5-4-10(16)6-11(12)17/h4-6,8-9H,2-3,7H2,1H3,(H,18,21)/t8-/m1/s1. The number of amides is 1. The monoisotopic (exact) mass is 355 g/mol. The molecule has 1 N–H and O–H groups in total. The maximum Gasteiger partial charge on any atom is 0.258 e. The van der Waals surface area contributed by atoms with Crippen molar-refractivity contribution >= 4 is 29.1 Å². The van der Waals surface area contributed by atoms with Crippen LogP contribution in [0.5, 0.6) is 5.75 Å². The van der Waals surface area contributed by atoms with Crippen LogP contribution in [0.3, 0.4) is 0 Å². The van der Waals surface area contributed by atoms with Crippen LogP contribution >= 0.6 is 23.2 Å². The third kappa shape index (κ3) is 4.14. The van der Waals surface area contributed by atoms with Gasteiger partial charge in [-0.1, -0.05) is 28.4 Å². The van der Waals surface area contributed by atoms with E-state index < -0.39 is 0 Å². The molecular weight excluding hydrogens is 341 g/mol. The second-order valence-corrected chi connectivity index (χ2v) is 6.26. The van der Waals surface area contributed by atoms with Gasteiger partial charge in [0.15, 0.2) is 12.4 Å². The summed E-state index contributed by atoms with van der Waals surface area (Å²) >= 11 is 11.8. The van der Waals surface area contributed by atoms with Crippen LogP contribution in [-0.4, -0.2) is 22.7 Å². The van der Waals surface area contributed by atoms with Gasteiger partial charge < -0.3 is 14.6 Å². The molecular formula is C15H15Cl2N3O3.